The molecule has 1 aromatic rings. The number of nitrogens with one attached hydrogen (secondary N) is 1. The molecule has 3 saturated heterocycles. The van der Waals surface area contributed by atoms with Gasteiger partial charge in [-0.05, 0) is 6.92 Å². The molecule has 1 unspecified atom stereocenters. The van der Waals surface area contributed by atoms with Crippen molar-refractivity contribution in [2.24, 2.45) is 11.8 Å². The number of hydrogen-bond acceptors (Lipinski definition) is 12. The molecule has 16 heteroatoms. The highest BCUT2D eigenvalue weighted by Crippen LogP contribution is 2.52. The molecule has 3 fully saturated rings. The van der Waals surface area contributed by atoms with E-state index in [4.69, 9.17) is 9.47 Å². The van der Waals surface area contributed by atoms with Crippen molar-refractivity contribution in [2.45, 2.75) is 57.4 Å². The second-order valence-corrected chi connectivity index (χ2v) is 12.7. The van der Waals surface area contributed by atoms with E-state index in [2.05, 4.69) is 10.3 Å². The Morgan fingerprint density at radius 3 is 2.46 bits per heavy atom. The molecular weight excluding hydrogens is 578 g/mol. The number of fused-ring (bicyclic) bond motifs is 1. The number of aliphatic hydroxyl groups excluding tert-OH is 1. The highest BCUT2D eigenvalue weighted by molar-refractivity contribution is 8.03. The molecule has 5 heterocycles. The Labute approximate surface area is 243 Å². The highest BCUT2D eigenvalue weighted by atomic mass is 32.2. The third-order valence-corrected chi connectivity index (χ3v) is 9.87. The van der Waals surface area contributed by atoms with Crippen LogP contribution in [-0.4, -0.2) is 111 Å². The number of thioether (sulfide) groups is 1. The van der Waals surface area contributed by atoms with Crippen molar-refractivity contribution < 1.29 is 43.7 Å². The van der Waals surface area contributed by atoms with Gasteiger partial charge in [-0.15, -0.1) is 23.1 Å². The molecule has 0 saturated carbocycles. The SMILES string of the molecule is CC(=O)OC(C)OC(=O)N1CC(NC(=O)c2csc(N3CC(SC4=C(C(=O)O)N5C(=O)[C@H]([C@@H](C)O)[C@H]5[C@H]4C)C3)n2)C1. The summed E-state index contributed by atoms with van der Waals surface area (Å²) in [6, 6.07) is -0.601. The molecule has 0 bridgehead atoms. The molecule has 0 aliphatic carbocycles. The molecule has 0 spiro atoms. The van der Waals surface area contributed by atoms with Crippen LogP contribution in [0.5, 0.6) is 0 Å². The van der Waals surface area contributed by atoms with Gasteiger partial charge in [-0.2, -0.15) is 0 Å². The fourth-order valence-electron chi connectivity index (χ4n) is 5.49. The molecule has 4 aliphatic rings. The standard InChI is InChI=1S/C25H31N5O9S2/c1-10-18-17(11(2)31)22(34)30(18)19(23(35)36)20(10)41-15-7-28(8-15)24-27-16(9-40-24)21(33)26-14-5-29(6-14)25(37)39-13(4)38-12(3)32/h9-11,13-15,17-18,31H,5-8H2,1-4H3,(H,26,33)(H,35,36)/t10-,11-,13?,17-,18-/m1/s1. The predicted molar refractivity (Wildman–Crippen MR) is 146 cm³/mol. The number of aliphatic hydroxyl groups is 1. The summed E-state index contributed by atoms with van der Waals surface area (Å²) in [7, 11) is 0. The van der Waals surface area contributed by atoms with Crippen LogP contribution in [0.4, 0.5) is 9.93 Å². The summed E-state index contributed by atoms with van der Waals surface area (Å²) < 4.78 is 9.78. The number of likely N-dealkylation sites (tertiary alicyclic amines) is 1. The van der Waals surface area contributed by atoms with E-state index in [1.165, 1.54) is 46.7 Å². The van der Waals surface area contributed by atoms with Gasteiger partial charge in [-0.1, -0.05) is 6.92 Å². The number of amides is 3. The quantitative estimate of drug-likeness (QED) is 0.203. The normalized spacial score (nSPS) is 25.5. The summed E-state index contributed by atoms with van der Waals surface area (Å²) in [4.78, 5) is 70.0. The highest BCUT2D eigenvalue weighted by Gasteiger charge is 2.60. The van der Waals surface area contributed by atoms with Crippen molar-refractivity contribution in [3.8, 4) is 0 Å². The third kappa shape index (κ3) is 5.47. The van der Waals surface area contributed by atoms with Crippen molar-refractivity contribution in [1.29, 1.82) is 0 Å². The van der Waals surface area contributed by atoms with E-state index in [1.807, 2.05) is 11.8 Å². The van der Waals surface area contributed by atoms with Gasteiger partial charge in [-0.3, -0.25) is 14.4 Å². The summed E-state index contributed by atoms with van der Waals surface area (Å²) in [5, 5.41) is 25.1. The van der Waals surface area contributed by atoms with Crippen LogP contribution in [0, 0.1) is 11.8 Å². The smallest absolute Gasteiger partial charge is 0.412 e. The van der Waals surface area contributed by atoms with Crippen LogP contribution < -0.4 is 10.2 Å². The number of aromatic nitrogens is 1. The minimum Gasteiger partial charge on any atom is -0.477 e. The van der Waals surface area contributed by atoms with Crippen molar-refractivity contribution in [1.82, 2.24) is 20.1 Å². The summed E-state index contributed by atoms with van der Waals surface area (Å²) in [6.07, 6.45) is -2.48. The fourth-order valence-corrected chi connectivity index (χ4v) is 7.84. The first-order valence-corrected chi connectivity index (χ1v) is 14.9. The zero-order valence-electron chi connectivity index (χ0n) is 22.8. The van der Waals surface area contributed by atoms with Gasteiger partial charge in [-0.25, -0.2) is 14.6 Å². The molecule has 3 N–H and O–H groups in total. The van der Waals surface area contributed by atoms with Crippen LogP contribution in [0.3, 0.4) is 0 Å². The molecule has 222 valence electrons. The van der Waals surface area contributed by atoms with E-state index in [1.54, 1.807) is 12.3 Å². The number of hydrogen-bond donors (Lipinski definition) is 3. The number of aliphatic carboxylic acids is 1. The first-order valence-electron chi connectivity index (χ1n) is 13.1. The number of β-lactam (4-membered cyclic amide) rings is 1. The lowest BCUT2D eigenvalue weighted by Crippen LogP contribution is -2.63. The number of rotatable bonds is 9. The number of carboxylic acids is 1. The molecule has 4 aliphatic heterocycles. The molecular formula is C25H31N5O9S2. The summed E-state index contributed by atoms with van der Waals surface area (Å²) in [6.45, 7) is 7.83. The van der Waals surface area contributed by atoms with Gasteiger partial charge in [0.1, 0.15) is 11.4 Å². The Kier molecular flexibility index (Phi) is 7.91. The van der Waals surface area contributed by atoms with Crippen LogP contribution in [-0.2, 0) is 23.9 Å². The van der Waals surface area contributed by atoms with Crippen molar-refractivity contribution in [3.05, 3.63) is 21.7 Å². The zero-order valence-corrected chi connectivity index (χ0v) is 24.4. The largest absolute Gasteiger partial charge is 0.477 e. The summed E-state index contributed by atoms with van der Waals surface area (Å²) in [5.41, 5.74) is 0.278. The summed E-state index contributed by atoms with van der Waals surface area (Å²) in [5.74, 6) is -3.19. The minimum atomic E-state index is -1.14. The third-order valence-electron chi connectivity index (χ3n) is 7.52. The number of esters is 1. The monoisotopic (exact) mass is 609 g/mol. The number of thiazole rings is 1. The van der Waals surface area contributed by atoms with Crippen LogP contribution in [0.15, 0.2) is 16.0 Å². The molecule has 0 aromatic carbocycles. The Morgan fingerprint density at radius 1 is 1.17 bits per heavy atom. The van der Waals surface area contributed by atoms with E-state index in [9.17, 15) is 34.2 Å². The maximum atomic E-state index is 12.7. The topological polar surface area (TPSA) is 179 Å². The van der Waals surface area contributed by atoms with E-state index < -0.39 is 36.3 Å². The molecule has 3 amide bonds. The molecule has 5 atom stereocenters. The van der Waals surface area contributed by atoms with Gasteiger partial charge < -0.3 is 39.7 Å². The number of anilines is 1. The Morgan fingerprint density at radius 2 is 1.85 bits per heavy atom. The second kappa shape index (κ2) is 11.1. The molecule has 14 nitrogen and oxygen atoms in total. The van der Waals surface area contributed by atoms with E-state index in [0.717, 1.165) is 0 Å². The number of ether oxygens (including phenoxy) is 2. The van der Waals surface area contributed by atoms with Crippen LogP contribution in [0.25, 0.3) is 0 Å². The van der Waals surface area contributed by atoms with Crippen molar-refractivity contribution in [2.75, 3.05) is 31.1 Å². The fraction of sp³-hybridized carbons (Fsp3) is 0.600. The van der Waals surface area contributed by atoms with E-state index >= 15 is 0 Å². The van der Waals surface area contributed by atoms with Crippen LogP contribution in [0.1, 0.15) is 38.2 Å². The lowest BCUT2D eigenvalue weighted by Gasteiger charge is -2.46. The Bertz CT molecular complexity index is 1300. The molecule has 0 radical (unpaired) electrons. The second-order valence-electron chi connectivity index (χ2n) is 10.6. The first kappa shape index (κ1) is 29.1. The Hall–Kier alpha value is -3.37. The molecule has 41 heavy (non-hydrogen) atoms. The maximum Gasteiger partial charge on any atom is 0.412 e. The minimum absolute atomic E-state index is 0.0165. The van der Waals surface area contributed by atoms with Crippen LogP contribution >= 0.6 is 23.1 Å². The first-order chi connectivity index (χ1) is 19.3. The zero-order chi connectivity index (χ0) is 29.7. The maximum absolute atomic E-state index is 12.7. The number of carbonyl (C=O) groups excluding carboxylic acids is 4. The lowest BCUT2D eigenvalue weighted by atomic mass is 9.79. The van der Waals surface area contributed by atoms with Gasteiger partial charge in [0, 0.05) is 61.5 Å². The van der Waals surface area contributed by atoms with Gasteiger partial charge in [0.05, 0.1) is 24.1 Å². The van der Waals surface area contributed by atoms with Gasteiger partial charge >= 0.3 is 18.0 Å². The number of nitrogens with zero attached hydrogens (tertiary/aromatic N) is 4. The van der Waals surface area contributed by atoms with Gasteiger partial charge in [0.15, 0.2) is 5.13 Å². The number of carbonyl (C=O) groups is 5. The van der Waals surface area contributed by atoms with Crippen molar-refractivity contribution in [3.63, 3.8) is 0 Å². The average Bonchev–Trinajstić information content (AvgIpc) is 3.38. The molecule has 5 rings (SSSR count). The lowest BCUT2D eigenvalue weighted by molar-refractivity contribution is -0.164. The van der Waals surface area contributed by atoms with Gasteiger partial charge in [0.25, 0.3) is 5.91 Å². The van der Waals surface area contributed by atoms with E-state index in [0.29, 0.717) is 23.1 Å². The van der Waals surface area contributed by atoms with E-state index in [-0.39, 0.29) is 59.5 Å². The summed E-state index contributed by atoms with van der Waals surface area (Å²) >= 11 is 2.78. The van der Waals surface area contributed by atoms with Crippen LogP contribution in [0.2, 0.25) is 0 Å². The number of carboxylic acid groups (broad SMARTS) is 1. The van der Waals surface area contributed by atoms with Gasteiger partial charge in [0.2, 0.25) is 12.2 Å². The van der Waals surface area contributed by atoms with Crippen molar-refractivity contribution >= 4 is 58.1 Å². The molecule has 1 aromatic heterocycles. The Balaban J connectivity index is 1.09. The average molecular weight is 610 g/mol. The predicted octanol–water partition coefficient (Wildman–Crippen LogP) is 0.678.